The third-order valence-corrected chi connectivity index (χ3v) is 12.1. The zero-order chi connectivity index (χ0) is 26.6. The molecule has 0 aromatic heterocycles. The van der Waals surface area contributed by atoms with E-state index in [4.69, 9.17) is 21.1 Å². The van der Waals surface area contributed by atoms with Gasteiger partial charge < -0.3 is 25.0 Å². The second kappa shape index (κ2) is 11.0. The highest BCUT2D eigenvalue weighted by molar-refractivity contribution is 8.00. The van der Waals surface area contributed by atoms with Gasteiger partial charge in [0.05, 0.1) is 23.6 Å². The van der Waals surface area contributed by atoms with Gasteiger partial charge in [0, 0.05) is 63.7 Å². The van der Waals surface area contributed by atoms with Crippen molar-refractivity contribution in [2.75, 3.05) is 40.4 Å². The van der Waals surface area contributed by atoms with Crippen LogP contribution in [-0.4, -0.2) is 97.7 Å². The molecule has 6 rings (SSSR count). The third kappa shape index (κ3) is 5.23. The molecule has 4 N–H and O–H groups in total. The summed E-state index contributed by atoms with van der Waals surface area (Å²) in [6.45, 7) is 5.09. The smallest absolute Gasteiger partial charge is 0.226 e. The van der Waals surface area contributed by atoms with E-state index in [1.54, 1.807) is 26.0 Å². The highest BCUT2D eigenvalue weighted by Gasteiger charge is 2.56. The Balaban J connectivity index is 1.00. The first-order valence-corrected chi connectivity index (χ1v) is 15.8. The summed E-state index contributed by atoms with van der Waals surface area (Å²) in [5.41, 5.74) is 0.179. The van der Waals surface area contributed by atoms with E-state index in [1.165, 1.54) is 0 Å². The molecule has 4 saturated heterocycles. The van der Waals surface area contributed by atoms with Crippen LogP contribution in [0, 0.1) is 29.1 Å². The van der Waals surface area contributed by atoms with Crippen molar-refractivity contribution >= 4 is 35.2 Å². The number of alkyl halides is 1. The molecule has 2 saturated carbocycles. The number of rotatable bonds is 6. The number of carbonyl (C=O) groups excluding carboxylic acids is 2. The lowest BCUT2D eigenvalue weighted by Gasteiger charge is -2.57. The second-order valence-corrected chi connectivity index (χ2v) is 14.7. The molecule has 0 radical (unpaired) electrons. The molecule has 9 atom stereocenters. The predicted molar refractivity (Wildman–Crippen MR) is 148 cm³/mol. The number of methoxy groups -OCH3 is 2. The number of amides is 2. The summed E-state index contributed by atoms with van der Waals surface area (Å²) in [6, 6.07) is 0.591. The molecule has 11 heteroatoms. The summed E-state index contributed by atoms with van der Waals surface area (Å²) >= 11 is 8.25. The van der Waals surface area contributed by atoms with Gasteiger partial charge in [-0.05, 0) is 62.7 Å². The van der Waals surface area contributed by atoms with Gasteiger partial charge in [0.25, 0.3) is 0 Å². The maximum absolute atomic E-state index is 13.6. The SMILES string of the molecule is COC1CC2(C1)CC(C(=O)N1CC3NC(NC(=O)C4CNC(C)CC4C4CC(Cl)NCC4OC)SC3C1)C2. The maximum Gasteiger partial charge on any atom is 0.226 e. The van der Waals surface area contributed by atoms with Crippen LogP contribution >= 0.6 is 23.4 Å². The Morgan fingerprint density at radius 3 is 2.53 bits per heavy atom. The van der Waals surface area contributed by atoms with Crippen molar-refractivity contribution < 1.29 is 19.1 Å². The van der Waals surface area contributed by atoms with E-state index in [1.807, 2.05) is 0 Å². The van der Waals surface area contributed by atoms with Gasteiger partial charge in [0.1, 0.15) is 5.50 Å². The molecule has 2 amide bonds. The average molecular weight is 570 g/mol. The predicted octanol–water partition coefficient (Wildman–Crippen LogP) is 1.31. The van der Waals surface area contributed by atoms with E-state index in [0.717, 1.165) is 58.2 Å². The Labute approximate surface area is 235 Å². The fraction of sp³-hybridized carbons (Fsp3) is 0.926. The molecule has 0 aromatic carbocycles. The fourth-order valence-corrected chi connectivity index (χ4v) is 9.97. The number of nitrogens with zero attached hydrogens (tertiary/aromatic N) is 1. The standard InChI is InChI=1S/C27H44ClN5O4S/c1-14-4-17(18-5-23(28)30-11-21(18)37-3)19(10-29-14)24(34)32-26-31-20-12-33(13-22(20)38-26)25(35)15-6-27(7-15)8-16(9-27)36-2/h14-23,26,29-31H,4-13H2,1-3H3,(H,32,34). The van der Waals surface area contributed by atoms with Crippen LogP contribution in [-0.2, 0) is 19.1 Å². The lowest BCUT2D eigenvalue weighted by Crippen LogP contribution is -2.57. The van der Waals surface area contributed by atoms with Crippen LogP contribution in [0.2, 0.25) is 0 Å². The molecule has 4 heterocycles. The summed E-state index contributed by atoms with van der Waals surface area (Å²) < 4.78 is 11.3. The Kier molecular flexibility index (Phi) is 7.96. The van der Waals surface area contributed by atoms with Crippen LogP contribution < -0.4 is 21.3 Å². The second-order valence-electron chi connectivity index (χ2n) is 12.8. The van der Waals surface area contributed by atoms with Gasteiger partial charge >= 0.3 is 0 Å². The Morgan fingerprint density at radius 1 is 1.03 bits per heavy atom. The number of halogens is 1. The minimum atomic E-state index is -0.119. The highest BCUT2D eigenvalue weighted by Crippen LogP contribution is 2.59. The van der Waals surface area contributed by atoms with Gasteiger partial charge in [-0.15, -0.1) is 23.4 Å². The van der Waals surface area contributed by atoms with Gasteiger partial charge in [-0.1, -0.05) is 0 Å². The van der Waals surface area contributed by atoms with Crippen molar-refractivity contribution in [1.82, 2.24) is 26.2 Å². The molecule has 38 heavy (non-hydrogen) atoms. The molecule has 9 nitrogen and oxygen atoms in total. The molecule has 2 aliphatic carbocycles. The molecule has 4 aliphatic heterocycles. The van der Waals surface area contributed by atoms with E-state index < -0.39 is 0 Å². The monoisotopic (exact) mass is 569 g/mol. The third-order valence-electron chi connectivity index (χ3n) is 10.4. The van der Waals surface area contributed by atoms with E-state index >= 15 is 0 Å². The summed E-state index contributed by atoms with van der Waals surface area (Å²) in [6.07, 6.45) is 6.48. The first-order chi connectivity index (χ1) is 18.3. The van der Waals surface area contributed by atoms with Gasteiger partial charge in [0.15, 0.2) is 0 Å². The minimum absolute atomic E-state index is 0.0636. The zero-order valence-corrected chi connectivity index (χ0v) is 24.4. The lowest BCUT2D eigenvalue weighted by atomic mass is 9.50. The van der Waals surface area contributed by atoms with Crippen molar-refractivity contribution in [3.05, 3.63) is 0 Å². The minimum Gasteiger partial charge on any atom is -0.381 e. The number of carbonyl (C=O) groups is 2. The number of hydrogen-bond acceptors (Lipinski definition) is 8. The van der Waals surface area contributed by atoms with E-state index in [2.05, 4.69) is 33.1 Å². The van der Waals surface area contributed by atoms with Crippen LogP contribution in [0.3, 0.4) is 0 Å². The molecule has 1 spiro atoms. The summed E-state index contributed by atoms with van der Waals surface area (Å²) in [4.78, 5) is 28.8. The Morgan fingerprint density at radius 2 is 1.82 bits per heavy atom. The van der Waals surface area contributed by atoms with Gasteiger partial charge in [-0.3, -0.25) is 20.2 Å². The molecular formula is C27H44ClN5O4S. The maximum atomic E-state index is 13.6. The number of likely N-dealkylation sites (tertiary alicyclic amines) is 1. The van der Waals surface area contributed by atoms with Crippen LogP contribution in [0.1, 0.15) is 45.4 Å². The summed E-state index contributed by atoms with van der Waals surface area (Å²) in [5.74, 6) is 0.959. The van der Waals surface area contributed by atoms with Crippen LogP contribution in [0.25, 0.3) is 0 Å². The fourth-order valence-electron chi connectivity index (χ4n) is 8.27. The van der Waals surface area contributed by atoms with Crippen molar-refractivity contribution in [2.24, 2.45) is 29.1 Å². The molecule has 9 unspecified atom stereocenters. The van der Waals surface area contributed by atoms with Crippen molar-refractivity contribution in [2.45, 2.75) is 86.0 Å². The number of thioether (sulfide) groups is 1. The molecule has 0 aromatic rings. The van der Waals surface area contributed by atoms with Gasteiger partial charge in [0.2, 0.25) is 11.8 Å². The first kappa shape index (κ1) is 27.5. The van der Waals surface area contributed by atoms with E-state index in [-0.39, 0.29) is 52.7 Å². The first-order valence-electron chi connectivity index (χ1n) is 14.4. The van der Waals surface area contributed by atoms with Crippen molar-refractivity contribution in [3.8, 4) is 0 Å². The van der Waals surface area contributed by atoms with Crippen LogP contribution in [0.4, 0.5) is 0 Å². The van der Waals surface area contributed by atoms with Crippen LogP contribution in [0.15, 0.2) is 0 Å². The van der Waals surface area contributed by atoms with Gasteiger partial charge in [-0.2, -0.15) is 0 Å². The quantitative estimate of drug-likeness (QED) is 0.280. The summed E-state index contributed by atoms with van der Waals surface area (Å²) in [7, 11) is 3.54. The molecule has 214 valence electrons. The van der Waals surface area contributed by atoms with E-state index in [0.29, 0.717) is 35.3 Å². The topological polar surface area (TPSA) is 104 Å². The normalized spacial score (nSPS) is 48.3. The molecule has 6 aliphatic rings. The van der Waals surface area contributed by atoms with Gasteiger partial charge in [-0.25, -0.2) is 0 Å². The zero-order valence-electron chi connectivity index (χ0n) is 22.8. The van der Waals surface area contributed by atoms with Crippen LogP contribution in [0.5, 0.6) is 0 Å². The largest absolute Gasteiger partial charge is 0.381 e. The van der Waals surface area contributed by atoms with E-state index in [9.17, 15) is 9.59 Å². The molecular weight excluding hydrogens is 526 g/mol. The van der Waals surface area contributed by atoms with Crippen molar-refractivity contribution in [1.29, 1.82) is 0 Å². The number of hydrogen-bond donors (Lipinski definition) is 4. The summed E-state index contributed by atoms with van der Waals surface area (Å²) in [5, 5.41) is 14.1. The molecule has 6 fully saturated rings. The number of piperidine rings is 2. The average Bonchev–Trinajstić information content (AvgIpc) is 3.41. The number of ether oxygens (including phenoxy) is 2. The highest BCUT2D eigenvalue weighted by atomic mass is 35.5. The number of nitrogens with one attached hydrogen (secondary N) is 4. The Bertz CT molecular complexity index is 887. The Hall–Kier alpha value is -0.620. The molecule has 0 bridgehead atoms. The number of fused-ring (bicyclic) bond motifs is 1. The lowest BCUT2D eigenvalue weighted by molar-refractivity contribution is -0.160. The van der Waals surface area contributed by atoms with Crippen molar-refractivity contribution in [3.63, 3.8) is 0 Å².